The summed E-state index contributed by atoms with van der Waals surface area (Å²) in [6.45, 7) is 5.05. The van der Waals surface area contributed by atoms with Crippen molar-refractivity contribution in [2.45, 2.75) is 45.1 Å². The van der Waals surface area contributed by atoms with Crippen LogP contribution >= 0.6 is 0 Å². The highest BCUT2D eigenvalue weighted by molar-refractivity contribution is 5.20. The third-order valence-electron chi connectivity index (χ3n) is 3.63. The van der Waals surface area contributed by atoms with Gasteiger partial charge >= 0.3 is 6.01 Å². The number of methoxy groups -OCH3 is 1. The molecular formula is C12H21N3O2. The Labute approximate surface area is 102 Å². The highest BCUT2D eigenvalue weighted by Crippen LogP contribution is 2.40. The second-order valence-electron chi connectivity index (χ2n) is 4.83. The van der Waals surface area contributed by atoms with E-state index in [1.807, 2.05) is 6.92 Å². The number of hydrogen-bond acceptors (Lipinski definition) is 5. The van der Waals surface area contributed by atoms with Gasteiger partial charge in [-0.05, 0) is 38.5 Å². The Bertz CT molecular complexity index is 356. The molecule has 1 saturated carbocycles. The highest BCUT2D eigenvalue weighted by Gasteiger charge is 2.40. The largest absolute Gasteiger partial charge is 0.370 e. The molecule has 1 N–H and O–H groups in total. The van der Waals surface area contributed by atoms with Crippen molar-refractivity contribution in [3.63, 3.8) is 0 Å². The number of aromatic nitrogens is 2. The zero-order valence-electron chi connectivity index (χ0n) is 10.8. The molecule has 0 amide bonds. The van der Waals surface area contributed by atoms with Crippen molar-refractivity contribution >= 4 is 6.01 Å². The molecule has 1 heterocycles. The van der Waals surface area contributed by atoms with Crippen molar-refractivity contribution in [3.8, 4) is 0 Å². The van der Waals surface area contributed by atoms with Crippen molar-refractivity contribution in [2.24, 2.45) is 5.92 Å². The molecule has 0 aliphatic heterocycles. The SMILES string of the molecule is CCNc1nc(C2(OC)CCC(C)CC2)no1. The van der Waals surface area contributed by atoms with Gasteiger partial charge in [-0.25, -0.2) is 0 Å². The minimum Gasteiger partial charge on any atom is -0.370 e. The molecule has 2 rings (SSSR count). The smallest absolute Gasteiger partial charge is 0.321 e. The quantitative estimate of drug-likeness (QED) is 0.875. The molecule has 1 aromatic rings. The molecule has 0 aromatic carbocycles. The van der Waals surface area contributed by atoms with Crippen molar-refractivity contribution in [1.29, 1.82) is 0 Å². The Morgan fingerprint density at radius 2 is 2.18 bits per heavy atom. The van der Waals surface area contributed by atoms with E-state index in [0.717, 1.165) is 38.1 Å². The second-order valence-corrected chi connectivity index (χ2v) is 4.83. The molecule has 5 heteroatoms. The Morgan fingerprint density at radius 3 is 2.76 bits per heavy atom. The van der Waals surface area contributed by atoms with E-state index < -0.39 is 0 Å². The number of anilines is 1. The van der Waals surface area contributed by atoms with Gasteiger partial charge in [0.05, 0.1) is 0 Å². The van der Waals surface area contributed by atoms with E-state index in [-0.39, 0.29) is 5.60 Å². The molecule has 0 spiro atoms. The molecule has 0 atom stereocenters. The third kappa shape index (κ3) is 2.44. The van der Waals surface area contributed by atoms with Gasteiger partial charge in [0.1, 0.15) is 5.60 Å². The van der Waals surface area contributed by atoms with E-state index in [2.05, 4.69) is 22.4 Å². The molecule has 0 unspecified atom stereocenters. The van der Waals surface area contributed by atoms with Crippen molar-refractivity contribution in [3.05, 3.63) is 5.82 Å². The highest BCUT2D eigenvalue weighted by atomic mass is 16.5. The summed E-state index contributed by atoms with van der Waals surface area (Å²) in [7, 11) is 1.74. The summed E-state index contributed by atoms with van der Waals surface area (Å²) in [4.78, 5) is 4.38. The minimum atomic E-state index is -0.344. The van der Waals surface area contributed by atoms with Crippen molar-refractivity contribution in [1.82, 2.24) is 10.1 Å². The molecule has 1 aliphatic carbocycles. The lowest BCUT2D eigenvalue weighted by Gasteiger charge is -2.35. The van der Waals surface area contributed by atoms with Crippen LogP contribution in [0.3, 0.4) is 0 Å². The number of nitrogens with one attached hydrogen (secondary N) is 1. The fraction of sp³-hybridized carbons (Fsp3) is 0.833. The van der Waals surface area contributed by atoms with Gasteiger partial charge < -0.3 is 14.6 Å². The Morgan fingerprint density at radius 1 is 1.47 bits per heavy atom. The van der Waals surface area contributed by atoms with Crippen LogP contribution in [-0.2, 0) is 10.3 Å². The first-order valence-corrected chi connectivity index (χ1v) is 6.33. The predicted octanol–water partition coefficient (Wildman–Crippen LogP) is 2.55. The minimum absolute atomic E-state index is 0.344. The van der Waals surface area contributed by atoms with Gasteiger partial charge in [-0.2, -0.15) is 4.98 Å². The normalized spacial score (nSPS) is 29.2. The van der Waals surface area contributed by atoms with E-state index in [4.69, 9.17) is 9.26 Å². The third-order valence-corrected chi connectivity index (χ3v) is 3.63. The van der Waals surface area contributed by atoms with Crippen LogP contribution in [0, 0.1) is 5.92 Å². The number of hydrogen-bond donors (Lipinski definition) is 1. The summed E-state index contributed by atoms with van der Waals surface area (Å²) in [6, 6.07) is 0.484. The summed E-state index contributed by atoms with van der Waals surface area (Å²) >= 11 is 0. The summed E-state index contributed by atoms with van der Waals surface area (Å²) in [5.74, 6) is 1.45. The maximum atomic E-state index is 5.69. The summed E-state index contributed by atoms with van der Waals surface area (Å²) in [6.07, 6.45) is 4.24. The molecule has 0 saturated heterocycles. The van der Waals surface area contributed by atoms with Gasteiger partial charge in [-0.3, -0.25) is 0 Å². The zero-order chi connectivity index (χ0) is 12.3. The first-order valence-electron chi connectivity index (χ1n) is 6.33. The zero-order valence-corrected chi connectivity index (χ0v) is 10.8. The van der Waals surface area contributed by atoms with Crippen LogP contribution in [0.15, 0.2) is 4.52 Å². The van der Waals surface area contributed by atoms with Crippen LogP contribution in [0.2, 0.25) is 0 Å². The van der Waals surface area contributed by atoms with Gasteiger partial charge in [0.15, 0.2) is 0 Å². The molecule has 0 bridgehead atoms. The van der Waals surface area contributed by atoms with Crippen LogP contribution in [0.25, 0.3) is 0 Å². The Hall–Kier alpha value is -1.10. The van der Waals surface area contributed by atoms with Gasteiger partial charge in [-0.15, -0.1) is 0 Å². The Balaban J connectivity index is 2.16. The van der Waals surface area contributed by atoms with Gasteiger partial charge in [0.2, 0.25) is 5.82 Å². The lowest BCUT2D eigenvalue weighted by molar-refractivity contribution is -0.0609. The molecular weight excluding hydrogens is 218 g/mol. The molecule has 1 aromatic heterocycles. The van der Waals surface area contributed by atoms with E-state index in [0.29, 0.717) is 11.8 Å². The lowest BCUT2D eigenvalue weighted by atomic mass is 9.79. The van der Waals surface area contributed by atoms with E-state index in [9.17, 15) is 0 Å². The summed E-state index contributed by atoms with van der Waals surface area (Å²) in [5, 5.41) is 7.07. The molecule has 5 nitrogen and oxygen atoms in total. The average Bonchev–Trinajstić information content (AvgIpc) is 2.80. The fourth-order valence-corrected chi connectivity index (χ4v) is 2.38. The second kappa shape index (κ2) is 5.04. The molecule has 96 valence electrons. The standard InChI is InChI=1S/C12H21N3O2/c1-4-13-11-14-10(15-17-11)12(16-3)7-5-9(2)6-8-12/h9H,4-8H2,1-3H3,(H,13,14,15). The maximum Gasteiger partial charge on any atom is 0.321 e. The molecule has 17 heavy (non-hydrogen) atoms. The van der Waals surface area contributed by atoms with Crippen LogP contribution in [0.4, 0.5) is 6.01 Å². The number of nitrogens with zero attached hydrogens (tertiary/aromatic N) is 2. The van der Waals surface area contributed by atoms with Gasteiger partial charge in [-0.1, -0.05) is 12.1 Å². The topological polar surface area (TPSA) is 60.2 Å². The van der Waals surface area contributed by atoms with E-state index in [1.54, 1.807) is 7.11 Å². The molecule has 1 aliphatic rings. The summed E-state index contributed by atoms with van der Waals surface area (Å²) in [5.41, 5.74) is -0.344. The van der Waals surface area contributed by atoms with Crippen LogP contribution < -0.4 is 5.32 Å². The maximum absolute atomic E-state index is 5.69. The van der Waals surface area contributed by atoms with Gasteiger partial charge in [0.25, 0.3) is 0 Å². The fourth-order valence-electron chi connectivity index (χ4n) is 2.38. The van der Waals surface area contributed by atoms with E-state index >= 15 is 0 Å². The predicted molar refractivity (Wildman–Crippen MR) is 64.8 cm³/mol. The lowest BCUT2D eigenvalue weighted by Crippen LogP contribution is -2.34. The average molecular weight is 239 g/mol. The molecule has 1 fully saturated rings. The van der Waals surface area contributed by atoms with Crippen molar-refractivity contribution < 1.29 is 9.26 Å². The van der Waals surface area contributed by atoms with Crippen LogP contribution in [0.1, 0.15) is 45.4 Å². The monoisotopic (exact) mass is 239 g/mol. The first kappa shape index (κ1) is 12.4. The van der Waals surface area contributed by atoms with Gasteiger partial charge in [0, 0.05) is 13.7 Å². The van der Waals surface area contributed by atoms with Crippen LogP contribution in [-0.4, -0.2) is 23.8 Å². The summed E-state index contributed by atoms with van der Waals surface area (Å²) < 4.78 is 10.9. The van der Waals surface area contributed by atoms with Crippen molar-refractivity contribution in [2.75, 3.05) is 19.0 Å². The molecule has 0 radical (unpaired) electrons. The number of rotatable bonds is 4. The first-order chi connectivity index (χ1) is 8.20. The van der Waals surface area contributed by atoms with E-state index in [1.165, 1.54) is 0 Å². The van der Waals surface area contributed by atoms with Crippen LogP contribution in [0.5, 0.6) is 0 Å². The Kier molecular flexibility index (Phi) is 3.66. The number of ether oxygens (including phenoxy) is 1.